The molecule has 0 atom stereocenters. The number of carbonyl (C=O) groups is 1. The third kappa shape index (κ3) is 2.87. The van der Waals surface area contributed by atoms with Gasteiger partial charge in [-0.15, -0.1) is 0 Å². The average Bonchev–Trinajstić information content (AvgIpc) is 3.26. The topological polar surface area (TPSA) is 75.2 Å². The van der Waals surface area contributed by atoms with E-state index in [1.54, 1.807) is 13.2 Å². The Kier molecular flexibility index (Phi) is 3.72. The van der Waals surface area contributed by atoms with Crippen molar-refractivity contribution in [3.63, 3.8) is 0 Å². The Morgan fingerprint density at radius 3 is 2.80 bits per heavy atom. The lowest BCUT2D eigenvalue weighted by molar-refractivity contribution is 0.0689. The van der Waals surface area contributed by atoms with Crippen LogP contribution >= 0.6 is 11.8 Å². The van der Waals surface area contributed by atoms with Crippen molar-refractivity contribution in [2.24, 2.45) is 0 Å². The van der Waals surface area contributed by atoms with E-state index in [0.29, 0.717) is 5.03 Å². The summed E-state index contributed by atoms with van der Waals surface area (Å²) >= 11 is 1.52. The number of carboxylic acid groups (broad SMARTS) is 1. The number of nitrogens with zero attached hydrogens (tertiary/aromatic N) is 1. The highest BCUT2D eigenvalue weighted by Gasteiger charge is 2.42. The van der Waals surface area contributed by atoms with E-state index in [4.69, 9.17) is 9.84 Å². The lowest BCUT2D eigenvalue weighted by Gasteiger charge is -2.10. The molecule has 2 N–H and O–H groups in total. The number of aromatic carboxylic acids is 1. The molecule has 4 rings (SSSR count). The first-order chi connectivity index (χ1) is 12.0. The number of carboxylic acids is 1. The fourth-order valence-electron chi connectivity index (χ4n) is 2.94. The molecule has 2 heterocycles. The Morgan fingerprint density at radius 1 is 1.32 bits per heavy atom. The van der Waals surface area contributed by atoms with Crippen LogP contribution in [-0.4, -0.2) is 28.2 Å². The molecule has 0 amide bonds. The molecule has 0 spiro atoms. The lowest BCUT2D eigenvalue weighted by atomic mass is 10.1. The molecule has 1 aliphatic rings. The summed E-state index contributed by atoms with van der Waals surface area (Å²) in [4.78, 5) is 20.1. The zero-order valence-electron chi connectivity index (χ0n) is 14.0. The predicted octanol–water partition coefficient (Wildman–Crippen LogP) is 4.47. The third-order valence-electron chi connectivity index (χ3n) is 4.71. The lowest BCUT2D eigenvalue weighted by Crippen LogP contribution is -2.02. The second-order valence-electron chi connectivity index (χ2n) is 6.57. The van der Waals surface area contributed by atoms with Gasteiger partial charge in [-0.1, -0.05) is 24.8 Å². The van der Waals surface area contributed by atoms with E-state index in [1.807, 2.05) is 24.3 Å². The molecule has 3 aromatic rings. The minimum atomic E-state index is -1.01. The van der Waals surface area contributed by atoms with Gasteiger partial charge in [0.25, 0.3) is 0 Å². The Labute approximate surface area is 149 Å². The summed E-state index contributed by atoms with van der Waals surface area (Å²) < 4.78 is 5.33. The molecule has 1 saturated carbocycles. The fourth-order valence-corrected chi connectivity index (χ4v) is 4.13. The van der Waals surface area contributed by atoms with Gasteiger partial charge in [-0.25, -0.2) is 9.78 Å². The summed E-state index contributed by atoms with van der Waals surface area (Å²) in [7, 11) is 1.66. The zero-order valence-corrected chi connectivity index (χ0v) is 14.8. The summed E-state index contributed by atoms with van der Waals surface area (Å²) in [6, 6.07) is 11.1. The molecule has 0 saturated heterocycles. The van der Waals surface area contributed by atoms with Crippen LogP contribution in [0.25, 0.3) is 10.9 Å². The van der Waals surface area contributed by atoms with Crippen molar-refractivity contribution in [1.82, 2.24) is 9.97 Å². The molecule has 0 radical (unpaired) electrons. The molecule has 5 nitrogen and oxygen atoms in total. The van der Waals surface area contributed by atoms with E-state index < -0.39 is 5.97 Å². The van der Waals surface area contributed by atoms with E-state index in [9.17, 15) is 4.79 Å². The van der Waals surface area contributed by atoms with Gasteiger partial charge in [-0.05, 0) is 37.1 Å². The molecule has 25 heavy (non-hydrogen) atoms. The summed E-state index contributed by atoms with van der Waals surface area (Å²) in [6.07, 6.45) is 2.29. The molecule has 1 aliphatic carbocycles. The highest BCUT2D eigenvalue weighted by atomic mass is 32.2. The number of aromatic amines is 1. The van der Waals surface area contributed by atoms with E-state index in [1.165, 1.54) is 23.5 Å². The number of H-pyrrole nitrogens is 1. The standard InChI is InChI=1S/C19H18N2O3S/c1-19(8-9-19)17-16(12-7-6-11(24-2)10-14(12)21-17)25-15-5-3-4-13(20-15)18(22)23/h3-7,10,21H,8-9H2,1-2H3,(H,22,23). The number of pyridine rings is 1. The van der Waals surface area contributed by atoms with Crippen LogP contribution in [0.5, 0.6) is 5.75 Å². The fraction of sp³-hybridized carbons (Fsp3) is 0.263. The monoisotopic (exact) mass is 354 g/mol. The number of hydrogen-bond acceptors (Lipinski definition) is 4. The quantitative estimate of drug-likeness (QED) is 0.707. The van der Waals surface area contributed by atoms with Crippen molar-refractivity contribution in [2.45, 2.75) is 35.1 Å². The molecular weight excluding hydrogens is 336 g/mol. The molecule has 0 aliphatic heterocycles. The van der Waals surface area contributed by atoms with Crippen molar-refractivity contribution >= 4 is 28.6 Å². The van der Waals surface area contributed by atoms with Crippen molar-refractivity contribution in [2.75, 3.05) is 7.11 Å². The number of nitrogens with one attached hydrogen (secondary N) is 1. The smallest absolute Gasteiger partial charge is 0.354 e. The number of rotatable bonds is 5. The maximum absolute atomic E-state index is 11.2. The molecule has 1 aromatic carbocycles. The van der Waals surface area contributed by atoms with Gasteiger partial charge in [0.2, 0.25) is 0 Å². The van der Waals surface area contributed by atoms with Gasteiger partial charge in [0.1, 0.15) is 16.5 Å². The normalized spacial score (nSPS) is 15.3. The van der Waals surface area contributed by atoms with Crippen molar-refractivity contribution in [3.8, 4) is 5.75 Å². The number of hydrogen-bond donors (Lipinski definition) is 2. The van der Waals surface area contributed by atoms with Gasteiger partial charge in [0.15, 0.2) is 0 Å². The van der Waals surface area contributed by atoms with Crippen LogP contribution in [0.15, 0.2) is 46.3 Å². The van der Waals surface area contributed by atoms with E-state index in [-0.39, 0.29) is 11.1 Å². The highest BCUT2D eigenvalue weighted by Crippen LogP contribution is 2.52. The van der Waals surface area contributed by atoms with Crippen molar-refractivity contribution in [3.05, 3.63) is 47.8 Å². The molecule has 1 fully saturated rings. The van der Waals surface area contributed by atoms with Gasteiger partial charge in [-0.3, -0.25) is 0 Å². The number of ether oxygens (including phenoxy) is 1. The number of fused-ring (bicyclic) bond motifs is 1. The predicted molar refractivity (Wildman–Crippen MR) is 96.8 cm³/mol. The van der Waals surface area contributed by atoms with E-state index in [0.717, 1.165) is 34.4 Å². The Bertz CT molecular complexity index is 976. The minimum absolute atomic E-state index is 0.0608. The van der Waals surface area contributed by atoms with Crippen molar-refractivity contribution in [1.29, 1.82) is 0 Å². The Hall–Kier alpha value is -2.47. The molecule has 0 unspecified atom stereocenters. The second-order valence-corrected chi connectivity index (χ2v) is 7.60. The molecular formula is C19H18N2O3S. The van der Waals surface area contributed by atoms with Gasteiger partial charge < -0.3 is 14.8 Å². The van der Waals surface area contributed by atoms with Crippen molar-refractivity contribution < 1.29 is 14.6 Å². The number of aromatic nitrogens is 2. The van der Waals surface area contributed by atoms with Gasteiger partial charge in [0, 0.05) is 27.5 Å². The van der Waals surface area contributed by atoms with E-state index in [2.05, 4.69) is 16.9 Å². The minimum Gasteiger partial charge on any atom is -0.497 e. The third-order valence-corrected chi connectivity index (χ3v) is 5.78. The largest absolute Gasteiger partial charge is 0.497 e. The molecule has 0 bridgehead atoms. The Balaban J connectivity index is 1.82. The first-order valence-electron chi connectivity index (χ1n) is 8.08. The summed E-state index contributed by atoms with van der Waals surface area (Å²) in [5.74, 6) is -0.204. The van der Waals surface area contributed by atoms with Crippen LogP contribution in [0.4, 0.5) is 0 Å². The zero-order chi connectivity index (χ0) is 17.6. The summed E-state index contributed by atoms with van der Waals surface area (Å²) in [6.45, 7) is 2.25. The maximum Gasteiger partial charge on any atom is 0.354 e. The van der Waals surface area contributed by atoms with Crippen LogP contribution in [0, 0.1) is 0 Å². The summed E-state index contributed by atoms with van der Waals surface area (Å²) in [5, 5.41) is 11.0. The second kappa shape index (κ2) is 5.81. The average molecular weight is 354 g/mol. The van der Waals surface area contributed by atoms with Crippen LogP contribution in [-0.2, 0) is 5.41 Å². The van der Waals surface area contributed by atoms with Gasteiger partial charge in [-0.2, -0.15) is 0 Å². The Morgan fingerprint density at radius 2 is 2.12 bits per heavy atom. The van der Waals surface area contributed by atoms with Crippen LogP contribution in [0.1, 0.15) is 35.9 Å². The molecule has 128 valence electrons. The van der Waals surface area contributed by atoms with Crippen LogP contribution in [0.3, 0.4) is 0 Å². The number of benzene rings is 1. The first kappa shape index (κ1) is 16.0. The van der Waals surface area contributed by atoms with Crippen LogP contribution in [0.2, 0.25) is 0 Å². The molecule has 6 heteroatoms. The maximum atomic E-state index is 11.2. The van der Waals surface area contributed by atoms with Gasteiger partial charge >= 0.3 is 5.97 Å². The highest BCUT2D eigenvalue weighted by molar-refractivity contribution is 7.99. The summed E-state index contributed by atoms with van der Waals surface area (Å²) in [5.41, 5.74) is 2.44. The van der Waals surface area contributed by atoms with Gasteiger partial charge in [0.05, 0.1) is 12.6 Å². The van der Waals surface area contributed by atoms with E-state index >= 15 is 0 Å². The molecule has 2 aromatic heterocycles. The van der Waals surface area contributed by atoms with Crippen LogP contribution < -0.4 is 4.74 Å². The number of methoxy groups -OCH3 is 1. The first-order valence-corrected chi connectivity index (χ1v) is 8.90. The SMILES string of the molecule is COc1ccc2c(Sc3cccc(C(=O)O)n3)c(C3(C)CC3)[nH]c2c1.